The van der Waals surface area contributed by atoms with E-state index in [0.29, 0.717) is 6.61 Å². The Kier molecular flexibility index (Phi) is 7.54. The minimum Gasteiger partial charge on any atom is -0.435 e. The average molecular weight is 310 g/mol. The molecular weight excluding hydrogens is 276 g/mol. The smallest absolute Gasteiger partial charge is 0.435 e. The molecule has 2 rings (SSSR count). The molecule has 0 aromatic rings. The highest BCUT2D eigenvalue weighted by Crippen LogP contribution is 2.36. The van der Waals surface area contributed by atoms with Gasteiger partial charge in [-0.05, 0) is 50.4 Å². The summed E-state index contributed by atoms with van der Waals surface area (Å²) < 4.78 is 10.2. The summed E-state index contributed by atoms with van der Waals surface area (Å²) in [5.41, 5.74) is 0. The first-order valence-electron chi connectivity index (χ1n) is 9.54. The van der Waals surface area contributed by atoms with Crippen molar-refractivity contribution in [1.29, 1.82) is 0 Å². The molecule has 2 aliphatic rings. The average Bonchev–Trinajstić information content (AvgIpc) is 2.55. The van der Waals surface area contributed by atoms with E-state index in [4.69, 9.17) is 9.47 Å². The van der Waals surface area contributed by atoms with Gasteiger partial charge in [0, 0.05) is 0 Å². The van der Waals surface area contributed by atoms with Gasteiger partial charge in [-0.1, -0.05) is 51.9 Å². The van der Waals surface area contributed by atoms with Crippen LogP contribution in [0.2, 0.25) is 0 Å². The highest BCUT2D eigenvalue weighted by atomic mass is 16.7. The van der Waals surface area contributed by atoms with E-state index in [1.807, 2.05) is 6.92 Å². The molecule has 3 nitrogen and oxygen atoms in total. The third kappa shape index (κ3) is 5.81. The Morgan fingerprint density at radius 3 is 1.82 bits per heavy atom. The summed E-state index contributed by atoms with van der Waals surface area (Å²) in [5.74, 6) is 2.84. The predicted molar refractivity (Wildman–Crippen MR) is 88.8 cm³/mol. The van der Waals surface area contributed by atoms with Crippen molar-refractivity contribution in [2.24, 2.45) is 17.8 Å². The molecule has 0 unspecified atom stereocenters. The van der Waals surface area contributed by atoms with Crippen LogP contribution in [0.5, 0.6) is 0 Å². The summed E-state index contributed by atoms with van der Waals surface area (Å²) in [6, 6.07) is 0. The van der Waals surface area contributed by atoms with E-state index in [0.717, 1.165) is 30.6 Å². The maximum atomic E-state index is 11.3. The Bertz CT molecular complexity index is 313. The van der Waals surface area contributed by atoms with Gasteiger partial charge in [-0.2, -0.15) is 0 Å². The predicted octanol–water partition coefficient (Wildman–Crippen LogP) is 5.71. The number of carbonyl (C=O) groups is 1. The number of hydrogen-bond donors (Lipinski definition) is 0. The van der Waals surface area contributed by atoms with Crippen LogP contribution in [0, 0.1) is 17.8 Å². The lowest BCUT2D eigenvalue weighted by molar-refractivity contribution is 0.00713. The molecule has 2 saturated carbocycles. The van der Waals surface area contributed by atoms with Crippen molar-refractivity contribution in [1.82, 2.24) is 0 Å². The third-order valence-corrected chi connectivity index (χ3v) is 5.85. The van der Waals surface area contributed by atoms with Crippen LogP contribution in [0.1, 0.15) is 84.5 Å². The summed E-state index contributed by atoms with van der Waals surface area (Å²) >= 11 is 0. The first-order valence-corrected chi connectivity index (χ1v) is 9.54. The summed E-state index contributed by atoms with van der Waals surface area (Å²) in [4.78, 5) is 11.3. The van der Waals surface area contributed by atoms with Gasteiger partial charge in [-0.3, -0.25) is 0 Å². The molecule has 128 valence electrons. The van der Waals surface area contributed by atoms with Gasteiger partial charge >= 0.3 is 6.16 Å². The molecule has 0 amide bonds. The minimum absolute atomic E-state index is 0.0929. The van der Waals surface area contributed by atoms with Crippen LogP contribution in [0.25, 0.3) is 0 Å². The van der Waals surface area contributed by atoms with Crippen molar-refractivity contribution in [3.63, 3.8) is 0 Å². The largest absolute Gasteiger partial charge is 0.508 e. The van der Waals surface area contributed by atoms with Crippen LogP contribution in [-0.4, -0.2) is 18.9 Å². The molecule has 0 radical (unpaired) electrons. The van der Waals surface area contributed by atoms with Gasteiger partial charge in [0.15, 0.2) is 0 Å². The molecule has 22 heavy (non-hydrogen) atoms. The molecule has 0 heterocycles. The molecular formula is C19H34O3. The van der Waals surface area contributed by atoms with E-state index in [1.165, 1.54) is 57.8 Å². The maximum absolute atomic E-state index is 11.3. The van der Waals surface area contributed by atoms with Crippen molar-refractivity contribution < 1.29 is 14.3 Å². The lowest BCUT2D eigenvalue weighted by Crippen LogP contribution is -2.25. The molecule has 0 aliphatic heterocycles. The second-order valence-corrected chi connectivity index (χ2v) is 7.32. The Labute approximate surface area is 136 Å². The summed E-state index contributed by atoms with van der Waals surface area (Å²) in [5, 5.41) is 0. The lowest BCUT2D eigenvalue weighted by atomic mass is 9.76. The van der Waals surface area contributed by atoms with Gasteiger partial charge in [0.05, 0.1) is 6.61 Å². The SMILES string of the molecule is CCOC(=O)OC1CCC(CCC2CCC(CC)CC2)CC1. The molecule has 2 fully saturated rings. The third-order valence-electron chi connectivity index (χ3n) is 5.85. The van der Waals surface area contributed by atoms with Gasteiger partial charge in [-0.15, -0.1) is 0 Å². The zero-order valence-corrected chi connectivity index (χ0v) is 14.5. The minimum atomic E-state index is -0.487. The molecule has 0 atom stereocenters. The van der Waals surface area contributed by atoms with Crippen molar-refractivity contribution in [3.05, 3.63) is 0 Å². The number of rotatable bonds is 6. The van der Waals surface area contributed by atoms with Gasteiger partial charge < -0.3 is 9.47 Å². The van der Waals surface area contributed by atoms with Crippen LogP contribution < -0.4 is 0 Å². The zero-order valence-electron chi connectivity index (χ0n) is 14.5. The van der Waals surface area contributed by atoms with Crippen LogP contribution >= 0.6 is 0 Å². The molecule has 0 spiro atoms. The molecule has 0 saturated heterocycles. The standard InChI is InChI=1S/C19H34O3/c1-3-15-5-7-16(8-6-15)9-10-17-11-13-18(14-12-17)22-19(20)21-4-2/h15-18H,3-14H2,1-2H3. The van der Waals surface area contributed by atoms with Gasteiger partial charge in [-0.25, -0.2) is 4.79 Å². The quantitative estimate of drug-likeness (QED) is 0.589. The first kappa shape index (κ1) is 17.6. The highest BCUT2D eigenvalue weighted by molar-refractivity contribution is 5.60. The van der Waals surface area contributed by atoms with Crippen LogP contribution in [0.4, 0.5) is 4.79 Å². The Balaban J connectivity index is 1.57. The van der Waals surface area contributed by atoms with Gasteiger partial charge in [0.25, 0.3) is 0 Å². The topological polar surface area (TPSA) is 35.5 Å². The number of ether oxygens (including phenoxy) is 2. The molecule has 3 heteroatoms. The molecule has 2 aliphatic carbocycles. The van der Waals surface area contributed by atoms with E-state index in [9.17, 15) is 4.79 Å². The lowest BCUT2D eigenvalue weighted by Gasteiger charge is -2.31. The van der Waals surface area contributed by atoms with Crippen LogP contribution in [0.15, 0.2) is 0 Å². The summed E-state index contributed by atoms with van der Waals surface area (Å²) in [6.07, 6.45) is 14.1. The van der Waals surface area contributed by atoms with E-state index in [1.54, 1.807) is 0 Å². The Morgan fingerprint density at radius 2 is 1.32 bits per heavy atom. The second-order valence-electron chi connectivity index (χ2n) is 7.32. The van der Waals surface area contributed by atoms with E-state index < -0.39 is 6.16 Å². The van der Waals surface area contributed by atoms with Crippen molar-refractivity contribution >= 4 is 6.16 Å². The maximum Gasteiger partial charge on any atom is 0.508 e. The molecule has 0 bridgehead atoms. The van der Waals surface area contributed by atoms with Crippen LogP contribution in [0.3, 0.4) is 0 Å². The second kappa shape index (κ2) is 9.42. The first-order chi connectivity index (χ1) is 10.7. The van der Waals surface area contributed by atoms with Crippen LogP contribution in [-0.2, 0) is 9.47 Å². The molecule has 0 aromatic heterocycles. The molecule has 0 aromatic carbocycles. The fourth-order valence-electron chi connectivity index (χ4n) is 4.23. The fraction of sp³-hybridized carbons (Fsp3) is 0.947. The summed E-state index contributed by atoms with van der Waals surface area (Å²) in [6.45, 7) is 4.54. The van der Waals surface area contributed by atoms with E-state index >= 15 is 0 Å². The van der Waals surface area contributed by atoms with E-state index in [-0.39, 0.29) is 6.10 Å². The monoisotopic (exact) mass is 310 g/mol. The Morgan fingerprint density at radius 1 is 0.818 bits per heavy atom. The van der Waals surface area contributed by atoms with Crippen molar-refractivity contribution in [3.8, 4) is 0 Å². The fourth-order valence-corrected chi connectivity index (χ4v) is 4.23. The summed E-state index contributed by atoms with van der Waals surface area (Å²) in [7, 11) is 0. The van der Waals surface area contributed by atoms with Crippen molar-refractivity contribution in [2.45, 2.75) is 90.6 Å². The molecule has 0 N–H and O–H groups in total. The number of carbonyl (C=O) groups excluding carboxylic acids is 1. The normalized spacial score (nSPS) is 32.5. The highest BCUT2D eigenvalue weighted by Gasteiger charge is 2.26. The zero-order chi connectivity index (χ0) is 15.8. The van der Waals surface area contributed by atoms with Gasteiger partial charge in [0.2, 0.25) is 0 Å². The van der Waals surface area contributed by atoms with E-state index in [2.05, 4.69) is 6.92 Å². The number of hydrogen-bond acceptors (Lipinski definition) is 3. The van der Waals surface area contributed by atoms with Gasteiger partial charge in [0.1, 0.15) is 6.10 Å². The van der Waals surface area contributed by atoms with Crippen molar-refractivity contribution in [2.75, 3.05) is 6.61 Å². The Hall–Kier alpha value is -0.730.